The van der Waals surface area contributed by atoms with E-state index in [1.165, 1.54) is 0 Å². The molecule has 0 aliphatic rings. The lowest BCUT2D eigenvalue weighted by molar-refractivity contribution is 0.211. The average Bonchev–Trinajstić information content (AvgIpc) is 1.68. The van der Waals surface area contributed by atoms with E-state index in [4.69, 9.17) is 5.11 Å². The van der Waals surface area contributed by atoms with Gasteiger partial charge in [-0.3, -0.25) is 0 Å². The number of hydrogen-bond donors (Lipinski definition) is 1. The Kier molecular flexibility index (Phi) is 4.67. The van der Waals surface area contributed by atoms with Gasteiger partial charge in [0.05, 0.1) is 6.10 Å². The van der Waals surface area contributed by atoms with E-state index in [0.29, 0.717) is 0 Å². The van der Waals surface area contributed by atoms with Gasteiger partial charge in [0.15, 0.2) is 0 Å². The first-order valence-electron chi connectivity index (χ1n) is 3.12. The van der Waals surface area contributed by atoms with Crippen molar-refractivity contribution in [1.82, 2.24) is 0 Å². The molecule has 1 atom stereocenters. The predicted molar refractivity (Wildman–Crippen MR) is 35.7 cm³/mol. The van der Waals surface area contributed by atoms with Crippen LogP contribution in [-0.2, 0) is 0 Å². The first kappa shape index (κ1) is 7.70. The summed E-state index contributed by atoms with van der Waals surface area (Å²) in [6.07, 6.45) is 5.39. The number of aliphatic hydroxyl groups is 1. The Balaban J connectivity index is 3.17. The van der Waals surface area contributed by atoms with Crippen LogP contribution in [0.3, 0.4) is 0 Å². The molecule has 1 N–H and O–H groups in total. The van der Waals surface area contributed by atoms with Crippen LogP contribution >= 0.6 is 0 Å². The van der Waals surface area contributed by atoms with Gasteiger partial charge in [-0.05, 0) is 13.3 Å². The fourth-order valence-corrected chi connectivity index (χ4v) is 0.614. The second-order valence-electron chi connectivity index (χ2n) is 1.88. The molecule has 0 aromatic carbocycles. The van der Waals surface area contributed by atoms with Crippen LogP contribution in [0, 0.1) is 0 Å². The van der Waals surface area contributed by atoms with Crippen molar-refractivity contribution in [2.24, 2.45) is 0 Å². The molecule has 8 heavy (non-hydrogen) atoms. The van der Waals surface area contributed by atoms with Gasteiger partial charge in [0.2, 0.25) is 0 Å². The molecule has 0 aliphatic carbocycles. The zero-order chi connectivity index (χ0) is 6.41. The highest BCUT2D eigenvalue weighted by Crippen LogP contribution is 1.95. The fourth-order valence-electron chi connectivity index (χ4n) is 0.614. The van der Waals surface area contributed by atoms with Crippen LogP contribution in [0.25, 0.3) is 0 Å². The molecule has 0 heterocycles. The first-order chi connectivity index (χ1) is 3.81. The summed E-state index contributed by atoms with van der Waals surface area (Å²) in [6, 6.07) is 0. The van der Waals surface area contributed by atoms with E-state index in [-0.39, 0.29) is 6.10 Å². The normalized spacial score (nSPS) is 14.9. The number of rotatable bonds is 3. The minimum absolute atomic E-state index is 0.218. The van der Waals surface area contributed by atoms with E-state index in [2.05, 4.69) is 6.92 Å². The van der Waals surface area contributed by atoms with Crippen molar-refractivity contribution in [2.45, 2.75) is 32.8 Å². The molecule has 0 aromatic rings. The van der Waals surface area contributed by atoms with Gasteiger partial charge in [-0.25, -0.2) is 0 Å². The van der Waals surface area contributed by atoms with Crippen LogP contribution in [0.15, 0.2) is 12.2 Å². The number of allylic oxidation sites excluding steroid dienone is 1. The minimum Gasteiger partial charge on any atom is -0.389 e. The summed E-state index contributed by atoms with van der Waals surface area (Å²) in [5.41, 5.74) is 0. The third-order valence-corrected chi connectivity index (χ3v) is 0.999. The zero-order valence-electron chi connectivity index (χ0n) is 5.59. The Bertz CT molecular complexity index is 66.8. The summed E-state index contributed by atoms with van der Waals surface area (Å²) < 4.78 is 0. The van der Waals surface area contributed by atoms with E-state index in [0.717, 1.165) is 12.8 Å². The van der Waals surface area contributed by atoms with E-state index < -0.39 is 0 Å². The van der Waals surface area contributed by atoms with Gasteiger partial charge in [-0.2, -0.15) is 0 Å². The highest BCUT2D eigenvalue weighted by atomic mass is 16.3. The molecule has 0 spiro atoms. The molecular weight excluding hydrogens is 100 g/mol. The van der Waals surface area contributed by atoms with E-state index in [9.17, 15) is 0 Å². The second-order valence-corrected chi connectivity index (χ2v) is 1.88. The fraction of sp³-hybridized carbons (Fsp3) is 0.714. The van der Waals surface area contributed by atoms with E-state index in [1.807, 2.05) is 19.1 Å². The van der Waals surface area contributed by atoms with Crippen molar-refractivity contribution < 1.29 is 5.11 Å². The Hall–Kier alpha value is -0.300. The van der Waals surface area contributed by atoms with Crippen molar-refractivity contribution in [1.29, 1.82) is 0 Å². The lowest BCUT2D eigenvalue weighted by atomic mass is 10.2. The molecule has 0 radical (unpaired) electrons. The first-order valence-corrected chi connectivity index (χ1v) is 3.12. The smallest absolute Gasteiger partial charge is 0.0720 e. The molecule has 0 bridgehead atoms. The summed E-state index contributed by atoms with van der Waals surface area (Å²) in [5, 5.41) is 8.96. The maximum atomic E-state index is 8.96. The van der Waals surface area contributed by atoms with Crippen molar-refractivity contribution in [2.75, 3.05) is 0 Å². The standard InChI is InChI=1S/C7H14O/c1-3-5-7(8)6-4-2/h3,5,7-8H,4,6H2,1-2H3/b5-3-/t7-/m1/s1. The monoisotopic (exact) mass is 114 g/mol. The Morgan fingerprint density at radius 3 is 2.62 bits per heavy atom. The van der Waals surface area contributed by atoms with Crippen LogP contribution in [0.1, 0.15) is 26.7 Å². The zero-order valence-corrected chi connectivity index (χ0v) is 5.59. The van der Waals surface area contributed by atoms with Crippen LogP contribution < -0.4 is 0 Å². The molecule has 0 saturated carbocycles. The Labute approximate surface area is 51.0 Å². The largest absolute Gasteiger partial charge is 0.389 e. The van der Waals surface area contributed by atoms with Gasteiger partial charge in [0.1, 0.15) is 0 Å². The molecule has 0 amide bonds. The Morgan fingerprint density at radius 2 is 2.25 bits per heavy atom. The molecule has 0 aromatic heterocycles. The van der Waals surface area contributed by atoms with Gasteiger partial charge in [0, 0.05) is 0 Å². The van der Waals surface area contributed by atoms with Gasteiger partial charge >= 0.3 is 0 Å². The third-order valence-electron chi connectivity index (χ3n) is 0.999. The molecule has 0 fully saturated rings. The lowest BCUT2D eigenvalue weighted by Gasteiger charge is -1.99. The second kappa shape index (κ2) is 4.85. The number of hydrogen-bond acceptors (Lipinski definition) is 1. The SMILES string of the molecule is C/C=C\[C@@H](O)CCC. The maximum absolute atomic E-state index is 8.96. The highest BCUT2D eigenvalue weighted by molar-refractivity contribution is 4.84. The quantitative estimate of drug-likeness (QED) is 0.554. The Morgan fingerprint density at radius 1 is 1.62 bits per heavy atom. The molecule has 48 valence electrons. The highest BCUT2D eigenvalue weighted by Gasteiger charge is 1.92. The summed E-state index contributed by atoms with van der Waals surface area (Å²) in [4.78, 5) is 0. The van der Waals surface area contributed by atoms with Crippen molar-refractivity contribution >= 4 is 0 Å². The van der Waals surface area contributed by atoms with Crippen LogP contribution in [0.4, 0.5) is 0 Å². The molecule has 0 unspecified atom stereocenters. The average molecular weight is 114 g/mol. The third kappa shape index (κ3) is 3.88. The molecule has 0 saturated heterocycles. The molecule has 1 nitrogen and oxygen atoms in total. The number of aliphatic hydroxyl groups excluding tert-OH is 1. The van der Waals surface area contributed by atoms with Crippen LogP contribution in [-0.4, -0.2) is 11.2 Å². The van der Waals surface area contributed by atoms with Gasteiger partial charge in [-0.1, -0.05) is 25.5 Å². The lowest BCUT2D eigenvalue weighted by Crippen LogP contribution is -1.99. The molecule has 0 rings (SSSR count). The van der Waals surface area contributed by atoms with Crippen molar-refractivity contribution in [3.05, 3.63) is 12.2 Å². The maximum Gasteiger partial charge on any atom is 0.0720 e. The molecule has 0 aliphatic heterocycles. The summed E-state index contributed by atoms with van der Waals surface area (Å²) in [7, 11) is 0. The predicted octanol–water partition coefficient (Wildman–Crippen LogP) is 1.72. The van der Waals surface area contributed by atoms with E-state index in [1.54, 1.807) is 0 Å². The van der Waals surface area contributed by atoms with Crippen LogP contribution in [0.2, 0.25) is 0 Å². The van der Waals surface area contributed by atoms with Gasteiger partial charge in [-0.15, -0.1) is 0 Å². The topological polar surface area (TPSA) is 20.2 Å². The van der Waals surface area contributed by atoms with Crippen LogP contribution in [0.5, 0.6) is 0 Å². The van der Waals surface area contributed by atoms with Crippen molar-refractivity contribution in [3.63, 3.8) is 0 Å². The summed E-state index contributed by atoms with van der Waals surface area (Å²) >= 11 is 0. The summed E-state index contributed by atoms with van der Waals surface area (Å²) in [6.45, 7) is 3.98. The van der Waals surface area contributed by atoms with Gasteiger partial charge in [0.25, 0.3) is 0 Å². The van der Waals surface area contributed by atoms with Crippen molar-refractivity contribution in [3.8, 4) is 0 Å². The van der Waals surface area contributed by atoms with E-state index >= 15 is 0 Å². The summed E-state index contributed by atoms with van der Waals surface area (Å²) in [5.74, 6) is 0. The molecular formula is C7H14O. The van der Waals surface area contributed by atoms with Gasteiger partial charge < -0.3 is 5.11 Å². The minimum atomic E-state index is -0.218. The molecule has 1 heteroatoms.